The summed E-state index contributed by atoms with van der Waals surface area (Å²) in [6.07, 6.45) is -5.57. The first-order chi connectivity index (χ1) is 19.7. The number of carbonyl (C=O) groups excluding carboxylic acids is 1. The fourth-order valence-electron chi connectivity index (χ4n) is 5.95. The summed E-state index contributed by atoms with van der Waals surface area (Å²) in [5.41, 5.74) is 2.70. The lowest BCUT2D eigenvalue weighted by molar-refractivity contribution is -0.339. The summed E-state index contributed by atoms with van der Waals surface area (Å²) in [6, 6.07) is 6.20. The molecule has 3 aliphatic heterocycles. The molecule has 7 N–H and O–H groups in total. The third-order valence-electron chi connectivity index (χ3n) is 8.11. The van der Waals surface area contributed by atoms with E-state index in [1.54, 1.807) is 0 Å². The van der Waals surface area contributed by atoms with Crippen LogP contribution < -0.4 is 5.32 Å². The molecule has 13 nitrogen and oxygen atoms in total. The second kappa shape index (κ2) is 11.9. The standard InChI is InChI=1S/C28H34N2O11/c1-3-12-14(8-18-21-15(9-19(29-18)25(35)36)13-6-4-5-7-17(13)30-21)16(26(37)38-2)11-39-27(12)41-28-24(34)23(33)22(32)20(10-31)40-28/h3-7,11-12,14,18-20,22-24,27-34H,1,8-10H2,2H3,(H,35,36)/t12-,14+,18+,19?,20-,22-,23+,24-,27+,28+/m1/s1. The zero-order valence-electron chi connectivity index (χ0n) is 22.3. The van der Waals surface area contributed by atoms with Crippen molar-refractivity contribution in [3.63, 3.8) is 0 Å². The molecule has 0 amide bonds. The average molecular weight is 575 g/mol. The molecule has 13 heteroatoms. The maximum Gasteiger partial charge on any atom is 0.337 e. The van der Waals surface area contributed by atoms with Crippen LogP contribution in [0.5, 0.6) is 0 Å². The molecular weight excluding hydrogens is 540 g/mol. The number of H-pyrrole nitrogens is 1. The van der Waals surface area contributed by atoms with Gasteiger partial charge in [0.05, 0.1) is 25.6 Å². The van der Waals surface area contributed by atoms with Gasteiger partial charge in [0.2, 0.25) is 6.29 Å². The number of aliphatic carboxylic acids is 1. The molecule has 1 saturated heterocycles. The van der Waals surface area contributed by atoms with Crippen molar-refractivity contribution in [1.82, 2.24) is 10.3 Å². The number of carbonyl (C=O) groups is 2. The first-order valence-corrected chi connectivity index (χ1v) is 13.3. The van der Waals surface area contributed by atoms with Gasteiger partial charge in [-0.3, -0.25) is 10.1 Å². The van der Waals surface area contributed by atoms with Crippen LogP contribution in [0.25, 0.3) is 10.9 Å². The number of rotatable bonds is 8. The van der Waals surface area contributed by atoms with E-state index in [1.165, 1.54) is 19.4 Å². The summed E-state index contributed by atoms with van der Waals surface area (Å²) in [5.74, 6) is -3.06. The predicted molar refractivity (Wildman–Crippen MR) is 141 cm³/mol. The third-order valence-corrected chi connectivity index (χ3v) is 8.11. The molecule has 4 heterocycles. The van der Waals surface area contributed by atoms with Crippen LogP contribution in [0.1, 0.15) is 23.7 Å². The summed E-state index contributed by atoms with van der Waals surface area (Å²) >= 11 is 0. The smallest absolute Gasteiger partial charge is 0.337 e. The zero-order chi connectivity index (χ0) is 29.4. The van der Waals surface area contributed by atoms with Crippen molar-refractivity contribution in [1.29, 1.82) is 0 Å². The maximum atomic E-state index is 12.8. The van der Waals surface area contributed by atoms with Gasteiger partial charge < -0.3 is 49.5 Å². The predicted octanol–water partition coefficient (Wildman–Crippen LogP) is -0.154. The van der Waals surface area contributed by atoms with Crippen LogP contribution in [-0.2, 0) is 35.0 Å². The van der Waals surface area contributed by atoms with Crippen molar-refractivity contribution in [2.45, 2.75) is 61.9 Å². The van der Waals surface area contributed by atoms with Gasteiger partial charge in [-0.05, 0) is 18.1 Å². The largest absolute Gasteiger partial charge is 0.480 e. The van der Waals surface area contributed by atoms with Crippen LogP contribution in [0.2, 0.25) is 0 Å². The van der Waals surface area contributed by atoms with Crippen LogP contribution in [0, 0.1) is 11.8 Å². The molecule has 1 unspecified atom stereocenters. The van der Waals surface area contributed by atoms with Gasteiger partial charge in [0.1, 0.15) is 30.5 Å². The molecule has 0 radical (unpaired) electrons. The Hall–Kier alpha value is -3.30. The lowest BCUT2D eigenvalue weighted by atomic mass is 9.77. The number of aliphatic hydroxyl groups excluding tert-OH is 4. The molecule has 0 spiro atoms. The average Bonchev–Trinajstić information content (AvgIpc) is 3.36. The minimum Gasteiger partial charge on any atom is -0.480 e. The fraction of sp³-hybridized carbons (Fsp3) is 0.500. The molecule has 41 heavy (non-hydrogen) atoms. The van der Waals surface area contributed by atoms with Crippen LogP contribution in [0.3, 0.4) is 0 Å². The highest BCUT2D eigenvalue weighted by Crippen LogP contribution is 2.42. The summed E-state index contributed by atoms with van der Waals surface area (Å²) < 4.78 is 22.1. The Balaban J connectivity index is 1.47. The quantitative estimate of drug-likeness (QED) is 0.163. The number of para-hydroxylation sites is 1. The molecule has 1 fully saturated rings. The number of carboxylic acid groups (broad SMARTS) is 1. The van der Waals surface area contributed by atoms with E-state index >= 15 is 0 Å². The van der Waals surface area contributed by atoms with Crippen LogP contribution in [0.15, 0.2) is 48.8 Å². The third kappa shape index (κ3) is 5.37. The highest BCUT2D eigenvalue weighted by molar-refractivity contribution is 5.89. The molecule has 10 atom stereocenters. The number of ether oxygens (including phenoxy) is 4. The fourth-order valence-corrected chi connectivity index (χ4v) is 5.95. The molecule has 0 bridgehead atoms. The van der Waals surface area contributed by atoms with Crippen LogP contribution in [0.4, 0.5) is 0 Å². The van der Waals surface area contributed by atoms with Gasteiger partial charge >= 0.3 is 11.9 Å². The van der Waals surface area contributed by atoms with E-state index in [0.29, 0.717) is 0 Å². The van der Waals surface area contributed by atoms with E-state index in [0.717, 1.165) is 22.2 Å². The van der Waals surface area contributed by atoms with Gasteiger partial charge in [0.15, 0.2) is 6.29 Å². The summed E-state index contributed by atoms with van der Waals surface area (Å²) in [5, 5.41) is 54.3. The summed E-state index contributed by atoms with van der Waals surface area (Å²) in [6.45, 7) is 3.26. The maximum absolute atomic E-state index is 12.8. The van der Waals surface area contributed by atoms with Crippen molar-refractivity contribution in [3.8, 4) is 0 Å². The Bertz CT molecular complexity index is 1320. The molecule has 5 rings (SSSR count). The molecular formula is C28H34N2O11. The highest BCUT2D eigenvalue weighted by atomic mass is 16.8. The number of nitrogens with one attached hydrogen (secondary N) is 2. The highest BCUT2D eigenvalue weighted by Gasteiger charge is 2.48. The molecule has 1 aromatic carbocycles. The number of aliphatic hydroxyl groups is 4. The lowest BCUT2D eigenvalue weighted by Gasteiger charge is -2.43. The monoisotopic (exact) mass is 574 g/mol. The first kappa shape index (κ1) is 29.2. The van der Waals surface area contributed by atoms with Crippen LogP contribution in [-0.4, -0.2) is 99.2 Å². The molecule has 0 saturated carbocycles. The van der Waals surface area contributed by atoms with Crippen molar-refractivity contribution >= 4 is 22.8 Å². The number of benzene rings is 1. The Morgan fingerprint density at radius 3 is 2.59 bits per heavy atom. The SMILES string of the molecule is C=C[C@H]1[C@H](O[C@@H]2O[C@H](CO)[C@@H](O)[C@H](O)[C@H]2O)OC=C(C(=O)OC)[C@H]1C[C@@H]1NC(C(=O)O)Cc2c1[nH]c1ccccc21. The van der Waals surface area contributed by atoms with Gasteiger partial charge in [0.25, 0.3) is 0 Å². The topological polar surface area (TPSA) is 200 Å². The van der Waals surface area contributed by atoms with Gasteiger partial charge in [-0.15, -0.1) is 6.58 Å². The van der Waals surface area contributed by atoms with E-state index in [9.17, 15) is 35.1 Å². The van der Waals surface area contributed by atoms with Crippen molar-refractivity contribution < 1.29 is 54.1 Å². The second-order valence-electron chi connectivity index (χ2n) is 10.4. The Labute approximate surface area is 235 Å². The number of hydrogen-bond donors (Lipinski definition) is 7. The lowest BCUT2D eigenvalue weighted by Crippen LogP contribution is -2.60. The van der Waals surface area contributed by atoms with E-state index < -0.39 is 79.5 Å². The minimum absolute atomic E-state index is 0.169. The zero-order valence-corrected chi connectivity index (χ0v) is 22.3. The molecule has 3 aliphatic rings. The van der Waals surface area contributed by atoms with Gasteiger partial charge in [-0.1, -0.05) is 24.3 Å². The first-order valence-electron chi connectivity index (χ1n) is 13.3. The Morgan fingerprint density at radius 1 is 1.15 bits per heavy atom. The van der Waals surface area contributed by atoms with Crippen LogP contribution >= 0.6 is 0 Å². The molecule has 222 valence electrons. The second-order valence-corrected chi connectivity index (χ2v) is 10.4. The van der Waals surface area contributed by atoms with Crippen molar-refractivity contribution in [2.75, 3.05) is 13.7 Å². The van der Waals surface area contributed by atoms with E-state index in [1.807, 2.05) is 24.3 Å². The molecule has 2 aromatic rings. The summed E-state index contributed by atoms with van der Waals surface area (Å²) in [7, 11) is 1.23. The number of methoxy groups -OCH3 is 1. The normalized spacial score (nSPS) is 35.2. The van der Waals surface area contributed by atoms with E-state index in [4.69, 9.17) is 18.9 Å². The number of fused-ring (bicyclic) bond motifs is 3. The van der Waals surface area contributed by atoms with Crippen molar-refractivity contribution in [2.24, 2.45) is 11.8 Å². The number of aromatic amines is 1. The van der Waals surface area contributed by atoms with Crippen molar-refractivity contribution in [3.05, 3.63) is 60.0 Å². The Kier molecular flexibility index (Phi) is 8.47. The minimum atomic E-state index is -1.67. The van der Waals surface area contributed by atoms with Gasteiger partial charge in [0, 0.05) is 40.9 Å². The number of esters is 1. The van der Waals surface area contributed by atoms with Gasteiger partial charge in [-0.2, -0.15) is 0 Å². The number of hydrogen-bond acceptors (Lipinski definition) is 11. The van der Waals surface area contributed by atoms with Gasteiger partial charge in [-0.25, -0.2) is 4.79 Å². The Morgan fingerprint density at radius 2 is 1.90 bits per heavy atom. The number of carboxylic acids is 1. The molecule has 0 aliphatic carbocycles. The summed E-state index contributed by atoms with van der Waals surface area (Å²) in [4.78, 5) is 28.3. The molecule has 1 aromatic heterocycles. The van der Waals surface area contributed by atoms with E-state index in [-0.39, 0.29) is 18.4 Å². The number of aromatic nitrogens is 1. The van der Waals surface area contributed by atoms with E-state index in [2.05, 4.69) is 16.9 Å².